The summed E-state index contributed by atoms with van der Waals surface area (Å²) in [5.74, 6) is -0.737. The highest BCUT2D eigenvalue weighted by atomic mass is 16.4. The van der Waals surface area contributed by atoms with Gasteiger partial charge in [0.15, 0.2) is 0 Å². The lowest BCUT2D eigenvalue weighted by Crippen LogP contribution is -1.89. The molecule has 0 saturated carbocycles. The molecule has 0 fully saturated rings. The number of hydrogen-bond acceptors (Lipinski definition) is 1. The molecule has 0 spiro atoms. The number of allylic oxidation sites excluding steroid dienone is 1. The van der Waals surface area contributed by atoms with Gasteiger partial charge in [-0.3, -0.25) is 4.79 Å². The Kier molecular flexibility index (Phi) is 21.6. The first-order valence-corrected chi connectivity index (χ1v) is 11.6. The Hall–Kier alpha value is -0.790. The van der Waals surface area contributed by atoms with Crippen LogP contribution in [0.1, 0.15) is 135 Å². The SMILES string of the molecule is CCCCCCCCCCCCCCCCCCCCC=CCC(=O)O. The highest BCUT2D eigenvalue weighted by Gasteiger charge is 1.95. The molecule has 0 aliphatic heterocycles. The second-order valence-corrected chi connectivity index (χ2v) is 7.87. The van der Waals surface area contributed by atoms with E-state index in [0.29, 0.717) is 0 Å². The van der Waals surface area contributed by atoms with Gasteiger partial charge in [-0.15, -0.1) is 0 Å². The Labute approximate surface area is 163 Å². The van der Waals surface area contributed by atoms with Crippen LogP contribution < -0.4 is 0 Å². The van der Waals surface area contributed by atoms with Gasteiger partial charge in [0.1, 0.15) is 0 Å². The van der Waals surface area contributed by atoms with E-state index in [2.05, 4.69) is 6.92 Å². The summed E-state index contributed by atoms with van der Waals surface area (Å²) in [5.41, 5.74) is 0. The topological polar surface area (TPSA) is 37.3 Å². The summed E-state index contributed by atoms with van der Waals surface area (Å²) in [6.45, 7) is 2.29. The number of hydrogen-bond donors (Lipinski definition) is 1. The fourth-order valence-corrected chi connectivity index (χ4v) is 3.47. The second kappa shape index (κ2) is 22.3. The largest absolute Gasteiger partial charge is 0.481 e. The van der Waals surface area contributed by atoms with E-state index in [1.807, 2.05) is 6.08 Å². The van der Waals surface area contributed by atoms with Crippen molar-refractivity contribution in [3.8, 4) is 0 Å². The van der Waals surface area contributed by atoms with Crippen LogP contribution in [0.5, 0.6) is 0 Å². The van der Waals surface area contributed by atoms with E-state index in [1.54, 1.807) is 6.08 Å². The second-order valence-electron chi connectivity index (χ2n) is 7.87. The molecule has 1 N–H and O–H groups in total. The van der Waals surface area contributed by atoms with Gasteiger partial charge in [-0.2, -0.15) is 0 Å². The quantitative estimate of drug-likeness (QED) is 0.163. The van der Waals surface area contributed by atoms with Crippen molar-refractivity contribution in [2.75, 3.05) is 0 Å². The molecular weight excluding hydrogens is 320 g/mol. The molecule has 0 rings (SSSR count). The Morgan fingerprint density at radius 2 is 0.923 bits per heavy atom. The molecule has 0 atom stereocenters. The van der Waals surface area contributed by atoms with Crippen molar-refractivity contribution in [3.63, 3.8) is 0 Å². The van der Waals surface area contributed by atoms with E-state index in [1.165, 1.54) is 116 Å². The number of unbranched alkanes of at least 4 members (excludes halogenated alkanes) is 18. The molecule has 0 aromatic heterocycles. The van der Waals surface area contributed by atoms with Crippen LogP contribution in [0.4, 0.5) is 0 Å². The normalized spacial score (nSPS) is 11.4. The Morgan fingerprint density at radius 1 is 0.577 bits per heavy atom. The lowest BCUT2D eigenvalue weighted by molar-refractivity contribution is -0.136. The van der Waals surface area contributed by atoms with Gasteiger partial charge in [0, 0.05) is 0 Å². The van der Waals surface area contributed by atoms with Gasteiger partial charge in [-0.25, -0.2) is 0 Å². The Bertz CT molecular complexity index is 309. The molecule has 0 bridgehead atoms. The first-order valence-electron chi connectivity index (χ1n) is 11.6. The minimum absolute atomic E-state index is 0.166. The van der Waals surface area contributed by atoms with E-state index in [-0.39, 0.29) is 6.42 Å². The van der Waals surface area contributed by atoms with Gasteiger partial charge in [0.05, 0.1) is 6.42 Å². The number of carbonyl (C=O) groups is 1. The Morgan fingerprint density at radius 3 is 1.27 bits per heavy atom. The fourth-order valence-electron chi connectivity index (χ4n) is 3.47. The molecule has 0 aliphatic carbocycles. The predicted molar refractivity (Wildman–Crippen MR) is 115 cm³/mol. The summed E-state index contributed by atoms with van der Waals surface area (Å²) in [4.78, 5) is 10.3. The van der Waals surface area contributed by atoms with Crippen molar-refractivity contribution in [2.24, 2.45) is 0 Å². The first kappa shape index (κ1) is 25.2. The zero-order valence-corrected chi connectivity index (χ0v) is 17.7. The van der Waals surface area contributed by atoms with Crippen LogP contribution in [0, 0.1) is 0 Å². The molecule has 0 unspecified atom stereocenters. The van der Waals surface area contributed by atoms with Gasteiger partial charge in [-0.05, 0) is 12.8 Å². The lowest BCUT2D eigenvalue weighted by Gasteiger charge is -2.03. The van der Waals surface area contributed by atoms with Crippen molar-refractivity contribution in [3.05, 3.63) is 12.2 Å². The number of rotatable bonds is 21. The van der Waals surface area contributed by atoms with Crippen LogP contribution in [0.2, 0.25) is 0 Å². The maximum atomic E-state index is 10.3. The van der Waals surface area contributed by atoms with Crippen LogP contribution in [0.15, 0.2) is 12.2 Å². The van der Waals surface area contributed by atoms with Gasteiger partial charge < -0.3 is 5.11 Å². The zero-order valence-electron chi connectivity index (χ0n) is 17.7. The molecule has 154 valence electrons. The monoisotopic (exact) mass is 366 g/mol. The predicted octanol–water partition coefficient (Wildman–Crippen LogP) is 8.45. The van der Waals surface area contributed by atoms with Crippen molar-refractivity contribution in [1.29, 1.82) is 0 Å². The number of aliphatic carboxylic acids is 1. The molecule has 0 saturated heterocycles. The average Bonchev–Trinajstić information content (AvgIpc) is 2.62. The van der Waals surface area contributed by atoms with Gasteiger partial charge in [0.25, 0.3) is 0 Å². The fraction of sp³-hybridized carbons (Fsp3) is 0.875. The van der Waals surface area contributed by atoms with E-state index >= 15 is 0 Å². The molecule has 0 aromatic carbocycles. The molecule has 0 radical (unpaired) electrons. The van der Waals surface area contributed by atoms with E-state index in [0.717, 1.165) is 6.42 Å². The minimum atomic E-state index is -0.737. The third-order valence-corrected chi connectivity index (χ3v) is 5.18. The summed E-state index contributed by atoms with van der Waals surface area (Å²) in [7, 11) is 0. The maximum absolute atomic E-state index is 10.3. The van der Waals surface area contributed by atoms with E-state index in [9.17, 15) is 4.79 Å². The number of carboxylic acids is 1. The third-order valence-electron chi connectivity index (χ3n) is 5.18. The molecule has 2 heteroatoms. The van der Waals surface area contributed by atoms with Crippen molar-refractivity contribution < 1.29 is 9.90 Å². The number of carboxylic acid groups (broad SMARTS) is 1. The Balaban J connectivity index is 3.03. The summed E-state index contributed by atoms with van der Waals surface area (Å²) in [5, 5.41) is 8.52. The summed E-state index contributed by atoms with van der Waals surface area (Å²) in [6.07, 6.45) is 30.2. The lowest BCUT2D eigenvalue weighted by atomic mass is 10.0. The highest BCUT2D eigenvalue weighted by Crippen LogP contribution is 2.14. The molecule has 0 aromatic rings. The van der Waals surface area contributed by atoms with Crippen LogP contribution in [0.25, 0.3) is 0 Å². The average molecular weight is 367 g/mol. The van der Waals surface area contributed by atoms with Crippen molar-refractivity contribution in [2.45, 2.75) is 135 Å². The van der Waals surface area contributed by atoms with Crippen LogP contribution in [-0.2, 0) is 4.79 Å². The van der Waals surface area contributed by atoms with Gasteiger partial charge in [-0.1, -0.05) is 128 Å². The first-order chi connectivity index (χ1) is 12.8. The molecule has 2 nitrogen and oxygen atoms in total. The molecular formula is C24H46O2. The third kappa shape index (κ3) is 23.2. The molecule has 0 aliphatic rings. The van der Waals surface area contributed by atoms with Gasteiger partial charge in [0.2, 0.25) is 0 Å². The van der Waals surface area contributed by atoms with E-state index in [4.69, 9.17) is 5.11 Å². The molecule has 0 heterocycles. The molecule has 0 amide bonds. The van der Waals surface area contributed by atoms with Crippen LogP contribution in [0.3, 0.4) is 0 Å². The standard InChI is InChI=1S/C24H46O2/c1-2-3-4-5-6-7-8-9-10-11-12-13-14-15-16-17-18-19-20-21-22-23-24(25)26/h21-22H,2-20,23H2,1H3,(H,25,26). The summed E-state index contributed by atoms with van der Waals surface area (Å²) < 4.78 is 0. The van der Waals surface area contributed by atoms with Crippen molar-refractivity contribution in [1.82, 2.24) is 0 Å². The summed E-state index contributed by atoms with van der Waals surface area (Å²) >= 11 is 0. The minimum Gasteiger partial charge on any atom is -0.481 e. The molecule has 26 heavy (non-hydrogen) atoms. The zero-order chi connectivity index (χ0) is 19.1. The smallest absolute Gasteiger partial charge is 0.307 e. The van der Waals surface area contributed by atoms with Crippen molar-refractivity contribution >= 4 is 5.97 Å². The summed E-state index contributed by atoms with van der Waals surface area (Å²) in [6, 6.07) is 0. The van der Waals surface area contributed by atoms with Crippen LogP contribution in [-0.4, -0.2) is 11.1 Å². The van der Waals surface area contributed by atoms with E-state index < -0.39 is 5.97 Å². The maximum Gasteiger partial charge on any atom is 0.307 e. The van der Waals surface area contributed by atoms with Gasteiger partial charge >= 0.3 is 5.97 Å². The highest BCUT2D eigenvalue weighted by molar-refractivity contribution is 5.68. The van der Waals surface area contributed by atoms with Crippen LogP contribution >= 0.6 is 0 Å².